The van der Waals surface area contributed by atoms with Gasteiger partial charge in [-0.2, -0.15) is 0 Å². The molecule has 0 unspecified atom stereocenters. The highest BCUT2D eigenvalue weighted by atomic mass is 16.8. The molecule has 9 rings (SSSR count). The number of nitrogens with one attached hydrogen (secondary N) is 4. The fraction of sp³-hybridized carbons (Fsp3) is 0.307. The van der Waals surface area contributed by atoms with Crippen LogP contribution in [0.3, 0.4) is 0 Å². The number of hydrogen-bond acceptors (Lipinski definition) is 12. The number of aryl methyl sites for hydroxylation is 4. The normalized spacial score (nSPS) is 16.0. The molecule has 16 nitrogen and oxygen atoms in total. The number of aliphatic hydroxyl groups excluding tert-OH is 2. The van der Waals surface area contributed by atoms with Crippen LogP contribution in [0.2, 0.25) is 0 Å². The van der Waals surface area contributed by atoms with Crippen LogP contribution in [0.5, 0.6) is 0 Å². The summed E-state index contributed by atoms with van der Waals surface area (Å²) in [6.07, 6.45) is -5.47. The largest absolute Gasteiger partial charge is 0.445 e. The number of carbonyl (C=O) groups excluding carboxylic acids is 4. The van der Waals surface area contributed by atoms with E-state index in [1.165, 1.54) is 0 Å². The summed E-state index contributed by atoms with van der Waals surface area (Å²) in [5.41, 5.74) is 11.5. The molecule has 1 aliphatic heterocycles. The molecular weight excluding hydrogens is 1150 g/mol. The topological polar surface area (TPSA) is 212 Å². The Bertz CT molecular complexity index is 3260. The number of ether oxygens (including phenoxy) is 6. The van der Waals surface area contributed by atoms with E-state index in [0.29, 0.717) is 12.8 Å². The molecule has 0 bridgehead atoms. The zero-order valence-corrected chi connectivity index (χ0v) is 52.5. The van der Waals surface area contributed by atoms with E-state index in [2.05, 4.69) is 21.3 Å². The lowest BCUT2D eigenvalue weighted by molar-refractivity contribution is -0.150. The fourth-order valence-corrected chi connectivity index (χ4v) is 10.5. The van der Waals surface area contributed by atoms with Crippen molar-refractivity contribution in [2.45, 2.75) is 148 Å². The smallest absolute Gasteiger partial charge is 0.407 e. The minimum absolute atomic E-state index is 0.0490. The molecule has 0 saturated carbocycles. The van der Waals surface area contributed by atoms with Gasteiger partial charge in [-0.05, 0) is 112 Å². The zero-order chi connectivity index (χ0) is 64.5. The van der Waals surface area contributed by atoms with Crippen LogP contribution in [0.1, 0.15) is 80.6 Å². The van der Waals surface area contributed by atoms with Gasteiger partial charge in [-0.15, -0.1) is 0 Å². The minimum Gasteiger partial charge on any atom is -0.445 e. The van der Waals surface area contributed by atoms with Gasteiger partial charge in [0.25, 0.3) is 0 Å². The summed E-state index contributed by atoms with van der Waals surface area (Å²) in [5.74, 6) is -0.988. The Morgan fingerprint density at radius 1 is 0.352 bits per heavy atom. The zero-order valence-electron chi connectivity index (χ0n) is 52.5. The first-order chi connectivity index (χ1) is 43.9. The van der Waals surface area contributed by atoms with E-state index < -0.39 is 78.7 Å². The van der Waals surface area contributed by atoms with Crippen molar-refractivity contribution in [2.75, 3.05) is 0 Å². The Morgan fingerprint density at radius 3 is 0.835 bits per heavy atom. The molecule has 6 N–H and O–H groups in total. The Morgan fingerprint density at radius 2 is 0.582 bits per heavy atom. The first-order valence-electron chi connectivity index (χ1n) is 30.7. The van der Waals surface area contributed by atoms with Crippen LogP contribution in [0.25, 0.3) is 0 Å². The van der Waals surface area contributed by atoms with Crippen molar-refractivity contribution >= 4 is 24.4 Å². The molecule has 1 heterocycles. The lowest BCUT2D eigenvalue weighted by atomic mass is 9.91. The number of carbonyl (C=O) groups is 4. The average molecular weight is 1230 g/mol. The maximum atomic E-state index is 13.3. The predicted molar refractivity (Wildman–Crippen MR) is 350 cm³/mol. The van der Waals surface area contributed by atoms with Crippen LogP contribution < -0.4 is 21.3 Å². The third-order valence-electron chi connectivity index (χ3n) is 15.5. The van der Waals surface area contributed by atoms with Crippen molar-refractivity contribution in [2.24, 2.45) is 0 Å². The second kappa shape index (κ2) is 34.0. The van der Waals surface area contributed by atoms with Crippen molar-refractivity contribution in [3.63, 3.8) is 0 Å². The van der Waals surface area contributed by atoms with Gasteiger partial charge in [0.2, 0.25) is 0 Å². The number of amides is 4. The van der Waals surface area contributed by atoms with Gasteiger partial charge in [0, 0.05) is 0 Å². The Hall–Kier alpha value is -9.32. The highest BCUT2D eigenvalue weighted by Crippen LogP contribution is 2.34. The number of benzene rings is 8. The summed E-state index contributed by atoms with van der Waals surface area (Å²) < 4.78 is 35.2. The molecule has 16 heteroatoms. The average Bonchev–Trinajstić information content (AvgIpc) is 1.75. The predicted octanol–water partition coefficient (Wildman–Crippen LogP) is 12.6. The lowest BCUT2D eigenvalue weighted by Crippen LogP contribution is -2.57. The molecule has 1 saturated heterocycles. The van der Waals surface area contributed by atoms with E-state index in [4.69, 9.17) is 28.4 Å². The van der Waals surface area contributed by atoms with E-state index in [1.807, 2.05) is 260 Å². The second-order valence-electron chi connectivity index (χ2n) is 23.6. The second-order valence-corrected chi connectivity index (χ2v) is 23.6. The van der Waals surface area contributed by atoms with E-state index in [9.17, 15) is 29.4 Å². The maximum absolute atomic E-state index is 13.3. The highest BCUT2D eigenvalue weighted by molar-refractivity contribution is 5.69. The van der Waals surface area contributed by atoms with Crippen molar-refractivity contribution in [3.05, 3.63) is 285 Å². The van der Waals surface area contributed by atoms with E-state index >= 15 is 0 Å². The van der Waals surface area contributed by atoms with Crippen LogP contribution >= 0.6 is 0 Å². The first kappa shape index (κ1) is 67.6. The summed E-state index contributed by atoms with van der Waals surface area (Å²) in [6, 6.07) is 66.3. The van der Waals surface area contributed by atoms with Crippen LogP contribution in [-0.4, -0.2) is 89.0 Å². The standard InChI is InChI=1S/C39H44N2O6.C36H40N2O6/c1-27-15-19-29(20-16-27)23-33(40-37(42)44-25-31-11-7-5-8-12-31)35-36(47-39(3,4)46-35)34(24-30-21-17-28(2)18-22-30)41-38(43)45-26-32-13-9-6-10-14-32;1-25-13-17-27(18-14-25)21-31(37-35(41)43-23-29-9-5-3-6-10-29)33(39)34(40)32(22-28-19-15-26(2)16-20-28)38-36(42)44-24-30-11-7-4-8-12-30/h5-22,33-36H,23-26H2,1-4H3,(H,40,42)(H,41,43);3-20,31-34,39-40H,21-24H2,1-2H3,(H,37,41)(H,38,42)/t33-,34-,35+,36+;31-,32-,33+,34+/m11/s1. The van der Waals surface area contributed by atoms with Gasteiger partial charge in [-0.1, -0.05) is 241 Å². The third-order valence-corrected chi connectivity index (χ3v) is 15.5. The highest BCUT2D eigenvalue weighted by Gasteiger charge is 2.49. The molecule has 8 atom stereocenters. The molecule has 4 amide bonds. The molecule has 1 fully saturated rings. The molecule has 0 aliphatic carbocycles. The summed E-state index contributed by atoms with van der Waals surface area (Å²) in [5, 5.41) is 34.7. The Balaban J connectivity index is 0.000000235. The number of alkyl carbamates (subject to hydrolysis) is 4. The Labute approximate surface area is 534 Å². The summed E-state index contributed by atoms with van der Waals surface area (Å²) >= 11 is 0. The third kappa shape index (κ3) is 22.6. The first-order valence-corrected chi connectivity index (χ1v) is 30.7. The van der Waals surface area contributed by atoms with Crippen LogP contribution in [0.4, 0.5) is 19.2 Å². The summed E-state index contributed by atoms with van der Waals surface area (Å²) in [4.78, 5) is 52.3. The van der Waals surface area contributed by atoms with Crippen LogP contribution in [0.15, 0.2) is 218 Å². The number of aliphatic hydroxyl groups is 2. The van der Waals surface area contributed by atoms with E-state index in [0.717, 1.165) is 66.8 Å². The molecule has 1 aliphatic rings. The molecule has 8 aromatic carbocycles. The van der Waals surface area contributed by atoms with Gasteiger partial charge < -0.3 is 59.9 Å². The molecule has 8 aromatic rings. The summed E-state index contributed by atoms with van der Waals surface area (Å²) in [6.45, 7) is 12.0. The molecule has 0 radical (unpaired) electrons. The van der Waals surface area contributed by atoms with Crippen molar-refractivity contribution in [3.8, 4) is 0 Å². The van der Waals surface area contributed by atoms with Gasteiger partial charge in [0.1, 0.15) is 50.8 Å². The van der Waals surface area contributed by atoms with Gasteiger partial charge in [0.05, 0.1) is 24.2 Å². The monoisotopic (exact) mass is 1230 g/mol. The number of hydrogen-bond donors (Lipinski definition) is 6. The molecule has 0 spiro atoms. The molecule has 0 aromatic heterocycles. The van der Waals surface area contributed by atoms with Crippen LogP contribution in [-0.2, 0) is 80.5 Å². The number of rotatable bonds is 25. The van der Waals surface area contributed by atoms with Crippen molar-refractivity contribution < 1.29 is 57.8 Å². The van der Waals surface area contributed by atoms with Crippen molar-refractivity contribution in [1.82, 2.24) is 21.3 Å². The minimum atomic E-state index is -1.47. The summed E-state index contributed by atoms with van der Waals surface area (Å²) in [7, 11) is 0. The molecule has 91 heavy (non-hydrogen) atoms. The van der Waals surface area contributed by atoms with Gasteiger partial charge in [-0.3, -0.25) is 0 Å². The fourth-order valence-electron chi connectivity index (χ4n) is 10.5. The van der Waals surface area contributed by atoms with E-state index in [1.54, 1.807) is 0 Å². The molecular formula is C75H84N4O12. The van der Waals surface area contributed by atoms with Crippen LogP contribution in [0, 0.1) is 27.7 Å². The van der Waals surface area contributed by atoms with Gasteiger partial charge >= 0.3 is 24.4 Å². The molecule has 476 valence electrons. The van der Waals surface area contributed by atoms with Gasteiger partial charge in [0.15, 0.2) is 5.79 Å². The maximum Gasteiger partial charge on any atom is 0.407 e. The lowest BCUT2D eigenvalue weighted by Gasteiger charge is -2.32. The SMILES string of the molecule is Cc1ccc(C[C@@H](NC(=O)OCc2ccccc2)[C@@H]2OC(C)(C)O[C@H]2[C@@H](Cc2ccc(C)cc2)NC(=O)OCc2ccccc2)cc1.Cc1ccc(C[C@@H](NC(=O)OCc2ccccc2)[C@H](O)[C@@H](O)[C@@H](Cc2ccc(C)cc2)NC(=O)OCc2ccccc2)cc1. The van der Waals surface area contributed by atoms with E-state index in [-0.39, 0.29) is 39.3 Å². The van der Waals surface area contributed by atoms with Crippen molar-refractivity contribution in [1.29, 1.82) is 0 Å². The quantitative estimate of drug-likeness (QED) is 0.0295. The Kier molecular flexibility index (Phi) is 25.3. The van der Waals surface area contributed by atoms with Gasteiger partial charge in [-0.25, -0.2) is 19.2 Å².